The van der Waals surface area contributed by atoms with E-state index in [0.717, 1.165) is 61.3 Å². The zero-order chi connectivity index (χ0) is 37.7. The molecule has 0 aliphatic rings. The molecule has 0 saturated heterocycles. The molecule has 57 heavy (non-hydrogen) atoms. The zero-order valence-electron chi connectivity index (χ0n) is 31.0. The van der Waals surface area contributed by atoms with Crippen LogP contribution >= 0.6 is 11.3 Å². The standard InChI is InChI=1S/C54H35NOS/c1-3-17-36(18-4-1)39-21-7-8-25-44(39)53-40(37-19-5-2-6-20-37)26-16-30-49(53)55(38-33-34-52-47(35-38)43-24-11-14-32-51(43)57-52)48-29-12-9-22-41(48)45-27-15-28-46-42-23-10-13-31-50(42)56-54(45)46/h1-35H. The Labute approximate surface area is 335 Å². The van der Waals surface area contributed by atoms with E-state index >= 15 is 0 Å². The van der Waals surface area contributed by atoms with Crippen LogP contribution in [0.15, 0.2) is 217 Å². The number of hydrogen-bond donors (Lipinski definition) is 0. The predicted molar refractivity (Wildman–Crippen MR) is 243 cm³/mol. The zero-order valence-corrected chi connectivity index (χ0v) is 31.8. The fourth-order valence-corrected chi connectivity index (χ4v) is 9.64. The van der Waals surface area contributed by atoms with Crippen molar-refractivity contribution in [2.45, 2.75) is 0 Å². The minimum Gasteiger partial charge on any atom is -0.455 e. The van der Waals surface area contributed by atoms with Crippen LogP contribution in [-0.2, 0) is 0 Å². The van der Waals surface area contributed by atoms with E-state index in [1.54, 1.807) is 0 Å². The maximum Gasteiger partial charge on any atom is 0.143 e. The van der Waals surface area contributed by atoms with Gasteiger partial charge < -0.3 is 9.32 Å². The summed E-state index contributed by atoms with van der Waals surface area (Å²) in [5.74, 6) is 0. The van der Waals surface area contributed by atoms with Crippen LogP contribution in [0, 0.1) is 0 Å². The summed E-state index contributed by atoms with van der Waals surface area (Å²) in [6, 6.07) is 76.5. The summed E-state index contributed by atoms with van der Waals surface area (Å²) < 4.78 is 9.26. The molecule has 0 aliphatic carbocycles. The average Bonchev–Trinajstić information content (AvgIpc) is 3.86. The van der Waals surface area contributed by atoms with Gasteiger partial charge in [-0.2, -0.15) is 0 Å². The van der Waals surface area contributed by atoms with E-state index in [-0.39, 0.29) is 0 Å². The molecule has 2 heterocycles. The van der Waals surface area contributed by atoms with Crippen molar-refractivity contribution < 1.29 is 4.42 Å². The third kappa shape index (κ3) is 5.63. The second-order valence-electron chi connectivity index (χ2n) is 14.4. The lowest BCUT2D eigenvalue weighted by Gasteiger charge is -2.31. The minimum absolute atomic E-state index is 0.887. The van der Waals surface area contributed by atoms with Crippen molar-refractivity contribution in [3.05, 3.63) is 212 Å². The molecule has 0 fully saturated rings. The molecule has 268 valence electrons. The Balaban J connectivity index is 1.25. The number of hydrogen-bond acceptors (Lipinski definition) is 3. The van der Waals surface area contributed by atoms with Gasteiger partial charge in [0.25, 0.3) is 0 Å². The average molecular weight is 746 g/mol. The van der Waals surface area contributed by atoms with Gasteiger partial charge in [-0.15, -0.1) is 11.3 Å². The van der Waals surface area contributed by atoms with Crippen molar-refractivity contribution in [3.8, 4) is 44.5 Å². The maximum absolute atomic E-state index is 6.70. The minimum atomic E-state index is 0.887. The number of para-hydroxylation sites is 3. The molecule has 9 aromatic carbocycles. The van der Waals surface area contributed by atoms with Gasteiger partial charge in [0.2, 0.25) is 0 Å². The molecule has 11 aromatic rings. The van der Waals surface area contributed by atoms with Crippen LogP contribution in [-0.4, -0.2) is 0 Å². The lowest BCUT2D eigenvalue weighted by molar-refractivity contribution is 0.670. The third-order valence-electron chi connectivity index (χ3n) is 11.1. The molecule has 0 saturated carbocycles. The van der Waals surface area contributed by atoms with Gasteiger partial charge in [-0.05, 0) is 70.3 Å². The summed E-state index contributed by atoms with van der Waals surface area (Å²) in [6.07, 6.45) is 0. The summed E-state index contributed by atoms with van der Waals surface area (Å²) in [6.45, 7) is 0. The summed E-state index contributed by atoms with van der Waals surface area (Å²) in [4.78, 5) is 2.48. The second kappa shape index (κ2) is 13.8. The van der Waals surface area contributed by atoms with Gasteiger partial charge in [0, 0.05) is 53.3 Å². The highest BCUT2D eigenvalue weighted by molar-refractivity contribution is 7.25. The Morgan fingerprint density at radius 1 is 0.351 bits per heavy atom. The first-order valence-corrected chi connectivity index (χ1v) is 20.2. The summed E-state index contributed by atoms with van der Waals surface area (Å²) in [5.41, 5.74) is 14.2. The molecule has 0 radical (unpaired) electrons. The predicted octanol–water partition coefficient (Wildman–Crippen LogP) is 16.1. The molecule has 0 N–H and O–H groups in total. The number of nitrogens with zero attached hydrogens (tertiary/aromatic N) is 1. The number of rotatable bonds is 7. The van der Waals surface area contributed by atoms with Crippen molar-refractivity contribution in [2.75, 3.05) is 4.90 Å². The third-order valence-corrected chi connectivity index (χ3v) is 12.3. The Hall–Kier alpha value is -7.20. The van der Waals surface area contributed by atoms with Gasteiger partial charge in [0.15, 0.2) is 0 Å². The summed E-state index contributed by atoms with van der Waals surface area (Å²) >= 11 is 1.85. The SMILES string of the molecule is c1ccc(-c2ccccc2-c2c(-c3ccccc3)cccc2N(c2ccc3sc4ccccc4c3c2)c2ccccc2-c2cccc3c2oc2ccccc23)cc1. The van der Waals surface area contributed by atoms with E-state index in [4.69, 9.17) is 4.42 Å². The van der Waals surface area contributed by atoms with E-state index < -0.39 is 0 Å². The highest BCUT2D eigenvalue weighted by Crippen LogP contribution is 2.51. The summed E-state index contributed by atoms with van der Waals surface area (Å²) in [7, 11) is 0. The highest BCUT2D eigenvalue weighted by atomic mass is 32.1. The fraction of sp³-hybridized carbons (Fsp3) is 0. The monoisotopic (exact) mass is 745 g/mol. The Kier molecular flexibility index (Phi) is 8.04. The Bertz CT molecular complexity index is 3250. The van der Waals surface area contributed by atoms with Gasteiger partial charge >= 0.3 is 0 Å². The van der Waals surface area contributed by atoms with Crippen molar-refractivity contribution in [2.24, 2.45) is 0 Å². The molecular formula is C54H35NOS. The van der Waals surface area contributed by atoms with Crippen LogP contribution in [0.25, 0.3) is 86.6 Å². The molecule has 0 unspecified atom stereocenters. The second-order valence-corrected chi connectivity index (χ2v) is 15.5. The van der Waals surface area contributed by atoms with Crippen LogP contribution in [0.4, 0.5) is 17.1 Å². The quantitative estimate of drug-likeness (QED) is 0.162. The number of furan rings is 1. The van der Waals surface area contributed by atoms with Gasteiger partial charge in [0.05, 0.1) is 11.4 Å². The number of anilines is 3. The van der Waals surface area contributed by atoms with E-state index in [2.05, 4.69) is 211 Å². The molecule has 2 nitrogen and oxygen atoms in total. The van der Waals surface area contributed by atoms with Crippen LogP contribution < -0.4 is 4.90 Å². The Morgan fingerprint density at radius 3 is 1.74 bits per heavy atom. The van der Waals surface area contributed by atoms with Crippen molar-refractivity contribution in [1.82, 2.24) is 0 Å². The maximum atomic E-state index is 6.70. The lowest BCUT2D eigenvalue weighted by Crippen LogP contribution is -2.13. The largest absolute Gasteiger partial charge is 0.455 e. The van der Waals surface area contributed by atoms with Crippen molar-refractivity contribution in [1.29, 1.82) is 0 Å². The van der Waals surface area contributed by atoms with Crippen LogP contribution in [0.2, 0.25) is 0 Å². The molecule has 0 atom stereocenters. The van der Waals surface area contributed by atoms with Crippen molar-refractivity contribution in [3.63, 3.8) is 0 Å². The van der Waals surface area contributed by atoms with E-state index in [0.29, 0.717) is 0 Å². The number of benzene rings is 9. The first kappa shape index (κ1) is 33.2. The topological polar surface area (TPSA) is 16.4 Å². The van der Waals surface area contributed by atoms with Gasteiger partial charge in [-0.25, -0.2) is 0 Å². The smallest absolute Gasteiger partial charge is 0.143 e. The first-order valence-electron chi connectivity index (χ1n) is 19.3. The molecule has 0 bridgehead atoms. The van der Waals surface area contributed by atoms with Gasteiger partial charge in [-0.3, -0.25) is 0 Å². The normalized spacial score (nSPS) is 11.5. The lowest BCUT2D eigenvalue weighted by atomic mass is 9.87. The van der Waals surface area contributed by atoms with Crippen molar-refractivity contribution >= 4 is 70.5 Å². The molecule has 11 rings (SSSR count). The van der Waals surface area contributed by atoms with E-state index in [1.165, 1.54) is 42.4 Å². The summed E-state index contributed by atoms with van der Waals surface area (Å²) in [5, 5.41) is 4.75. The molecule has 0 spiro atoms. The molecule has 2 aromatic heterocycles. The molecule has 0 amide bonds. The Morgan fingerprint density at radius 2 is 0.912 bits per heavy atom. The van der Waals surface area contributed by atoms with Crippen LogP contribution in [0.1, 0.15) is 0 Å². The number of fused-ring (bicyclic) bond motifs is 6. The number of thiophene rings is 1. The molecular weight excluding hydrogens is 711 g/mol. The van der Waals surface area contributed by atoms with Crippen LogP contribution in [0.5, 0.6) is 0 Å². The van der Waals surface area contributed by atoms with E-state index in [9.17, 15) is 0 Å². The highest BCUT2D eigenvalue weighted by Gasteiger charge is 2.26. The molecule has 0 aliphatic heterocycles. The van der Waals surface area contributed by atoms with E-state index in [1.807, 2.05) is 17.4 Å². The molecule has 3 heteroatoms. The van der Waals surface area contributed by atoms with Crippen LogP contribution in [0.3, 0.4) is 0 Å². The fourth-order valence-electron chi connectivity index (χ4n) is 8.56. The first-order chi connectivity index (χ1) is 28.3. The van der Waals surface area contributed by atoms with Gasteiger partial charge in [-0.1, -0.05) is 170 Å². The van der Waals surface area contributed by atoms with Gasteiger partial charge in [0.1, 0.15) is 11.2 Å².